The highest BCUT2D eigenvalue weighted by atomic mass is 16.3. The van der Waals surface area contributed by atoms with Crippen LogP contribution in [0.25, 0.3) is 11.3 Å². The molecule has 1 aromatic carbocycles. The largest absolute Gasteiger partial charge is 0.467 e. The van der Waals surface area contributed by atoms with Crippen molar-refractivity contribution < 1.29 is 14.0 Å². The van der Waals surface area contributed by atoms with Gasteiger partial charge in [-0.25, -0.2) is 0 Å². The molecule has 1 N–H and O–H groups in total. The van der Waals surface area contributed by atoms with E-state index in [1.807, 2.05) is 73.9 Å². The molecule has 6 nitrogen and oxygen atoms in total. The molecule has 1 fully saturated rings. The van der Waals surface area contributed by atoms with E-state index in [-0.39, 0.29) is 24.4 Å². The van der Waals surface area contributed by atoms with Crippen LogP contribution in [0.2, 0.25) is 0 Å². The molecular weight excluding hydrogens is 414 g/mol. The minimum atomic E-state index is -1.03. The maximum Gasteiger partial charge on any atom is 0.271 e. The zero-order chi connectivity index (χ0) is 23.4. The molecule has 174 valence electrons. The summed E-state index contributed by atoms with van der Waals surface area (Å²) in [6.07, 6.45) is 5.86. The highest BCUT2D eigenvalue weighted by Gasteiger charge is 2.48. The monoisotopic (exact) mass is 447 g/mol. The van der Waals surface area contributed by atoms with Gasteiger partial charge in [0.25, 0.3) is 5.91 Å². The van der Waals surface area contributed by atoms with Crippen molar-refractivity contribution in [3.8, 4) is 11.3 Å². The molecule has 2 aliphatic rings. The minimum Gasteiger partial charge on any atom is -0.467 e. The van der Waals surface area contributed by atoms with E-state index in [4.69, 9.17) is 4.42 Å². The lowest BCUT2D eigenvalue weighted by Gasteiger charge is -2.44. The molecule has 6 heteroatoms. The minimum absolute atomic E-state index is 0.0994. The lowest BCUT2D eigenvalue weighted by atomic mass is 9.93. The molecule has 1 aliphatic carbocycles. The lowest BCUT2D eigenvalue weighted by molar-refractivity contribution is -0.134. The van der Waals surface area contributed by atoms with Gasteiger partial charge in [-0.3, -0.25) is 9.59 Å². The van der Waals surface area contributed by atoms with E-state index in [2.05, 4.69) is 5.32 Å². The van der Waals surface area contributed by atoms with Crippen LogP contribution >= 0.6 is 0 Å². The van der Waals surface area contributed by atoms with Gasteiger partial charge in [0.2, 0.25) is 5.91 Å². The summed E-state index contributed by atoms with van der Waals surface area (Å²) in [6.45, 7) is 6.52. The summed E-state index contributed by atoms with van der Waals surface area (Å²) in [5, 5.41) is 3.22. The molecule has 0 spiro atoms. The molecule has 5 rings (SSSR count). The van der Waals surface area contributed by atoms with Crippen molar-refractivity contribution in [3.63, 3.8) is 0 Å². The number of rotatable bonds is 5. The standard InChI is InChI=1S/C25H27N3O3.C2H6/c1-25(24(30)26-19-10-5-6-11-19)17-27-21(18-8-3-2-4-9-18)13-14-22(27)23(29)28(25)16-20-12-7-15-31-20;1-2/h2-4,7-9,12-15,19H,5-6,10-11,16-17H2,1H3,(H,26,30);1-2H3. The van der Waals surface area contributed by atoms with Gasteiger partial charge in [-0.15, -0.1) is 0 Å². The molecule has 1 unspecified atom stereocenters. The van der Waals surface area contributed by atoms with Gasteiger partial charge in [0.05, 0.1) is 19.4 Å². The van der Waals surface area contributed by atoms with Crippen molar-refractivity contribution in [2.45, 2.75) is 71.1 Å². The highest BCUT2D eigenvalue weighted by Crippen LogP contribution is 2.34. The summed E-state index contributed by atoms with van der Waals surface area (Å²) in [5.41, 5.74) is 1.54. The summed E-state index contributed by atoms with van der Waals surface area (Å²) in [4.78, 5) is 28.9. The van der Waals surface area contributed by atoms with Crippen molar-refractivity contribution in [3.05, 3.63) is 72.3 Å². The summed E-state index contributed by atoms with van der Waals surface area (Å²) < 4.78 is 7.51. The number of amides is 2. The maximum atomic E-state index is 13.6. The van der Waals surface area contributed by atoms with Gasteiger partial charge in [-0.1, -0.05) is 57.0 Å². The van der Waals surface area contributed by atoms with Crippen LogP contribution in [0, 0.1) is 0 Å². The third kappa shape index (κ3) is 4.34. The second kappa shape index (κ2) is 9.69. The van der Waals surface area contributed by atoms with Crippen LogP contribution in [-0.2, 0) is 17.9 Å². The molecule has 3 heterocycles. The Morgan fingerprint density at radius 2 is 1.73 bits per heavy atom. The third-order valence-electron chi connectivity index (χ3n) is 6.65. The van der Waals surface area contributed by atoms with Crippen LogP contribution < -0.4 is 5.32 Å². The average Bonchev–Trinajstić information content (AvgIpc) is 3.61. The number of nitrogens with zero attached hydrogens (tertiary/aromatic N) is 2. The second-order valence-corrected chi connectivity index (χ2v) is 8.76. The summed E-state index contributed by atoms with van der Waals surface area (Å²) in [7, 11) is 0. The first-order valence-corrected chi connectivity index (χ1v) is 12.0. The fraction of sp³-hybridized carbons (Fsp3) is 0.407. The summed E-state index contributed by atoms with van der Waals surface area (Å²) in [6, 6.07) is 17.6. The number of furan rings is 1. The fourth-order valence-electron chi connectivity index (χ4n) is 4.85. The van der Waals surface area contributed by atoms with Crippen LogP contribution in [0.1, 0.15) is 62.7 Å². The smallest absolute Gasteiger partial charge is 0.271 e. The van der Waals surface area contributed by atoms with Gasteiger partial charge in [-0.2, -0.15) is 0 Å². The van der Waals surface area contributed by atoms with Crippen LogP contribution in [0.3, 0.4) is 0 Å². The first kappa shape index (κ1) is 22.9. The zero-order valence-electron chi connectivity index (χ0n) is 19.7. The first-order valence-electron chi connectivity index (χ1n) is 12.0. The number of aromatic nitrogens is 1. The molecule has 33 heavy (non-hydrogen) atoms. The predicted octanol–water partition coefficient (Wildman–Crippen LogP) is 5.25. The summed E-state index contributed by atoms with van der Waals surface area (Å²) >= 11 is 0. The Bertz CT molecular complexity index is 1080. The van der Waals surface area contributed by atoms with E-state index in [0.717, 1.165) is 36.9 Å². The zero-order valence-corrected chi connectivity index (χ0v) is 19.7. The molecular formula is C27H33N3O3. The van der Waals surface area contributed by atoms with E-state index < -0.39 is 5.54 Å². The van der Waals surface area contributed by atoms with E-state index >= 15 is 0 Å². The number of nitrogens with one attached hydrogen (secondary N) is 1. The van der Waals surface area contributed by atoms with Gasteiger partial charge in [-0.05, 0) is 49.6 Å². The quantitative estimate of drug-likeness (QED) is 0.581. The summed E-state index contributed by atoms with van der Waals surface area (Å²) in [5.74, 6) is 0.406. The van der Waals surface area contributed by atoms with E-state index in [0.29, 0.717) is 18.0 Å². The van der Waals surface area contributed by atoms with Gasteiger partial charge in [0.15, 0.2) is 0 Å². The number of hydrogen-bond donors (Lipinski definition) is 1. The Hall–Kier alpha value is -3.28. The number of carbonyl (C=O) groups is 2. The molecule has 0 bridgehead atoms. The van der Waals surface area contributed by atoms with Crippen molar-refractivity contribution in [1.29, 1.82) is 0 Å². The van der Waals surface area contributed by atoms with Crippen molar-refractivity contribution in [2.24, 2.45) is 0 Å². The second-order valence-electron chi connectivity index (χ2n) is 8.76. The van der Waals surface area contributed by atoms with Crippen molar-refractivity contribution in [2.75, 3.05) is 0 Å². The molecule has 3 aromatic rings. The van der Waals surface area contributed by atoms with Gasteiger partial charge >= 0.3 is 0 Å². The van der Waals surface area contributed by atoms with Gasteiger partial charge in [0, 0.05) is 11.7 Å². The van der Waals surface area contributed by atoms with Gasteiger partial charge < -0.3 is 19.2 Å². The average molecular weight is 448 g/mol. The number of carbonyl (C=O) groups excluding carboxylic acids is 2. The molecule has 2 aromatic heterocycles. The molecule has 1 aliphatic heterocycles. The van der Waals surface area contributed by atoms with Crippen LogP contribution in [-0.4, -0.2) is 32.9 Å². The molecule has 0 saturated heterocycles. The Morgan fingerprint density at radius 1 is 1.03 bits per heavy atom. The highest BCUT2D eigenvalue weighted by molar-refractivity contribution is 6.00. The van der Waals surface area contributed by atoms with E-state index in [1.54, 1.807) is 17.2 Å². The van der Waals surface area contributed by atoms with E-state index in [1.165, 1.54) is 0 Å². The number of benzene rings is 1. The van der Waals surface area contributed by atoms with Crippen molar-refractivity contribution in [1.82, 2.24) is 14.8 Å². The maximum absolute atomic E-state index is 13.6. The first-order chi connectivity index (χ1) is 16.1. The van der Waals surface area contributed by atoms with Crippen LogP contribution in [0.4, 0.5) is 0 Å². The fourth-order valence-corrected chi connectivity index (χ4v) is 4.85. The molecule has 0 radical (unpaired) electrons. The lowest BCUT2D eigenvalue weighted by Crippen LogP contribution is -2.64. The predicted molar refractivity (Wildman–Crippen MR) is 129 cm³/mol. The normalized spacial score (nSPS) is 20.2. The van der Waals surface area contributed by atoms with Crippen molar-refractivity contribution >= 4 is 11.8 Å². The van der Waals surface area contributed by atoms with Crippen LogP contribution in [0.5, 0.6) is 0 Å². The Balaban J connectivity index is 0.00000126. The topological polar surface area (TPSA) is 67.5 Å². The third-order valence-corrected chi connectivity index (χ3v) is 6.65. The Labute approximate surface area is 195 Å². The van der Waals surface area contributed by atoms with Crippen LogP contribution in [0.15, 0.2) is 65.3 Å². The molecule has 1 saturated carbocycles. The molecule has 1 atom stereocenters. The SMILES string of the molecule is CC.CC1(C(=O)NC2CCCC2)Cn2c(ccc2-c2ccccc2)C(=O)N1Cc1ccco1. The number of fused-ring (bicyclic) bond motifs is 1. The molecule has 2 amide bonds. The Morgan fingerprint density at radius 3 is 2.39 bits per heavy atom. The number of hydrogen-bond acceptors (Lipinski definition) is 3. The van der Waals surface area contributed by atoms with Gasteiger partial charge in [0.1, 0.15) is 17.0 Å². The van der Waals surface area contributed by atoms with E-state index in [9.17, 15) is 9.59 Å². The Kier molecular flexibility index (Phi) is 6.72.